The van der Waals surface area contributed by atoms with Crippen LogP contribution in [0.5, 0.6) is 5.75 Å². The van der Waals surface area contributed by atoms with Crippen LogP contribution in [0.25, 0.3) is 0 Å². The number of ether oxygens (including phenoxy) is 2. The van der Waals surface area contributed by atoms with E-state index in [-0.39, 0.29) is 17.7 Å². The van der Waals surface area contributed by atoms with E-state index in [0.29, 0.717) is 0 Å². The largest absolute Gasteiger partial charge is 0.469 e. The van der Waals surface area contributed by atoms with Crippen LogP contribution in [0.2, 0.25) is 0 Å². The van der Waals surface area contributed by atoms with Gasteiger partial charge in [-0.2, -0.15) is 8.78 Å². The van der Waals surface area contributed by atoms with Gasteiger partial charge in [0, 0.05) is 10.4 Å². The standard InChI is InChI=1S/C16H15F2NO4S/c1-22-14(20)9-12(13-6-3-7-24-13)19-15(21)10-4-2-5-11(8-10)23-16(17)18/h2-8,12,16H,9H2,1H3,(H,19,21). The van der Waals surface area contributed by atoms with Crippen LogP contribution >= 0.6 is 11.3 Å². The Hall–Kier alpha value is -2.48. The summed E-state index contributed by atoms with van der Waals surface area (Å²) in [5.74, 6) is -1.08. The van der Waals surface area contributed by atoms with E-state index >= 15 is 0 Å². The lowest BCUT2D eigenvalue weighted by atomic mass is 10.1. The summed E-state index contributed by atoms with van der Waals surface area (Å²) in [6.07, 6.45) is -0.0318. The Morgan fingerprint density at radius 2 is 2.04 bits per heavy atom. The molecule has 1 atom stereocenters. The Balaban J connectivity index is 2.14. The molecule has 1 aromatic carbocycles. The molecule has 0 aliphatic carbocycles. The minimum absolute atomic E-state index is 0.0318. The molecule has 5 nitrogen and oxygen atoms in total. The quantitative estimate of drug-likeness (QED) is 0.774. The van der Waals surface area contributed by atoms with Crippen molar-refractivity contribution in [2.24, 2.45) is 0 Å². The number of carbonyl (C=O) groups excluding carboxylic acids is 2. The van der Waals surface area contributed by atoms with Crippen molar-refractivity contribution < 1.29 is 27.8 Å². The van der Waals surface area contributed by atoms with E-state index in [1.807, 2.05) is 5.38 Å². The summed E-state index contributed by atoms with van der Waals surface area (Å²) in [6.45, 7) is -2.97. The number of benzene rings is 1. The number of carbonyl (C=O) groups is 2. The minimum Gasteiger partial charge on any atom is -0.469 e. The smallest absolute Gasteiger partial charge is 0.387 e. The van der Waals surface area contributed by atoms with Crippen molar-refractivity contribution in [2.45, 2.75) is 19.1 Å². The molecule has 1 heterocycles. The number of nitrogens with one attached hydrogen (secondary N) is 1. The van der Waals surface area contributed by atoms with E-state index in [1.54, 1.807) is 12.1 Å². The molecule has 128 valence electrons. The molecular weight excluding hydrogens is 340 g/mol. The van der Waals surface area contributed by atoms with Gasteiger partial charge in [0.25, 0.3) is 5.91 Å². The molecular formula is C16H15F2NO4S. The number of halogens is 2. The van der Waals surface area contributed by atoms with Crippen molar-refractivity contribution in [1.82, 2.24) is 5.32 Å². The second kappa shape index (κ2) is 8.39. The van der Waals surface area contributed by atoms with Crippen molar-refractivity contribution >= 4 is 23.2 Å². The third kappa shape index (κ3) is 5.02. The second-order valence-corrected chi connectivity index (χ2v) is 5.71. The number of amides is 1. The topological polar surface area (TPSA) is 64.6 Å². The fraction of sp³-hybridized carbons (Fsp3) is 0.250. The molecule has 2 rings (SSSR count). The van der Waals surface area contributed by atoms with E-state index in [2.05, 4.69) is 14.8 Å². The van der Waals surface area contributed by atoms with Crippen molar-refractivity contribution in [3.8, 4) is 5.75 Å². The van der Waals surface area contributed by atoms with Gasteiger partial charge in [0.15, 0.2) is 0 Å². The zero-order chi connectivity index (χ0) is 17.5. The van der Waals surface area contributed by atoms with Gasteiger partial charge < -0.3 is 14.8 Å². The van der Waals surface area contributed by atoms with Crippen LogP contribution in [0.15, 0.2) is 41.8 Å². The van der Waals surface area contributed by atoms with E-state index in [9.17, 15) is 18.4 Å². The summed E-state index contributed by atoms with van der Waals surface area (Å²) >= 11 is 1.39. The van der Waals surface area contributed by atoms with Gasteiger partial charge in [-0.3, -0.25) is 9.59 Å². The van der Waals surface area contributed by atoms with Gasteiger partial charge in [-0.1, -0.05) is 12.1 Å². The number of rotatable bonds is 7. The summed E-state index contributed by atoms with van der Waals surface area (Å²) in [6, 6.07) is 8.47. The Morgan fingerprint density at radius 3 is 2.67 bits per heavy atom. The molecule has 0 fully saturated rings. The minimum atomic E-state index is -2.97. The lowest BCUT2D eigenvalue weighted by Gasteiger charge is -2.16. The van der Waals surface area contributed by atoms with Crippen molar-refractivity contribution in [2.75, 3.05) is 7.11 Å². The first-order chi connectivity index (χ1) is 11.5. The molecule has 0 bridgehead atoms. The highest BCUT2D eigenvalue weighted by Crippen LogP contribution is 2.23. The van der Waals surface area contributed by atoms with E-state index in [4.69, 9.17) is 0 Å². The summed E-state index contributed by atoms with van der Waals surface area (Å²) in [7, 11) is 1.26. The highest BCUT2D eigenvalue weighted by atomic mass is 32.1. The molecule has 1 aromatic heterocycles. The molecule has 1 unspecified atom stereocenters. The van der Waals surface area contributed by atoms with Gasteiger partial charge in [0.2, 0.25) is 0 Å². The van der Waals surface area contributed by atoms with Crippen molar-refractivity contribution in [1.29, 1.82) is 0 Å². The van der Waals surface area contributed by atoms with E-state index < -0.39 is 24.5 Å². The van der Waals surface area contributed by atoms with Gasteiger partial charge >= 0.3 is 12.6 Å². The molecule has 0 saturated heterocycles. The maximum absolute atomic E-state index is 12.4. The van der Waals surface area contributed by atoms with Crippen LogP contribution in [0.3, 0.4) is 0 Å². The third-order valence-electron chi connectivity index (χ3n) is 3.11. The average Bonchev–Trinajstić information content (AvgIpc) is 3.08. The lowest BCUT2D eigenvalue weighted by molar-refractivity contribution is -0.141. The number of hydrogen-bond acceptors (Lipinski definition) is 5. The van der Waals surface area contributed by atoms with E-state index in [1.165, 1.54) is 42.7 Å². The summed E-state index contributed by atoms with van der Waals surface area (Å²) in [5.41, 5.74) is 0.152. The molecule has 8 heteroatoms. The Labute approximate surface area is 141 Å². The molecule has 0 radical (unpaired) electrons. The highest BCUT2D eigenvalue weighted by Gasteiger charge is 2.21. The van der Waals surface area contributed by atoms with Crippen LogP contribution in [-0.2, 0) is 9.53 Å². The Morgan fingerprint density at radius 1 is 1.25 bits per heavy atom. The summed E-state index contributed by atoms with van der Waals surface area (Å²) < 4.78 is 33.4. The van der Waals surface area contributed by atoms with Crippen molar-refractivity contribution in [3.63, 3.8) is 0 Å². The van der Waals surface area contributed by atoms with E-state index in [0.717, 1.165) is 4.88 Å². The number of thiophene rings is 1. The fourth-order valence-corrected chi connectivity index (χ4v) is 2.80. The molecule has 1 amide bonds. The molecule has 1 N–H and O–H groups in total. The predicted octanol–water partition coefficient (Wildman–Crippen LogP) is 3.38. The lowest BCUT2D eigenvalue weighted by Crippen LogP contribution is -2.30. The average molecular weight is 355 g/mol. The van der Waals surface area contributed by atoms with Gasteiger partial charge in [-0.25, -0.2) is 0 Å². The summed E-state index contributed by atoms with van der Waals surface area (Å²) in [4.78, 5) is 24.7. The normalized spacial score (nSPS) is 11.8. The van der Waals surface area contributed by atoms with Gasteiger partial charge in [-0.05, 0) is 29.6 Å². The number of alkyl halides is 2. The van der Waals surface area contributed by atoms with Crippen molar-refractivity contribution in [3.05, 3.63) is 52.2 Å². The van der Waals surface area contributed by atoms with Crippen LogP contribution < -0.4 is 10.1 Å². The predicted molar refractivity (Wildman–Crippen MR) is 84.2 cm³/mol. The fourth-order valence-electron chi connectivity index (χ4n) is 2.02. The number of esters is 1. The van der Waals surface area contributed by atoms with Gasteiger partial charge in [-0.15, -0.1) is 11.3 Å². The summed E-state index contributed by atoms with van der Waals surface area (Å²) in [5, 5.41) is 4.53. The Bertz CT molecular complexity index is 691. The first kappa shape index (κ1) is 17.9. The maximum Gasteiger partial charge on any atom is 0.387 e. The first-order valence-electron chi connectivity index (χ1n) is 6.95. The number of methoxy groups -OCH3 is 1. The molecule has 0 spiro atoms. The van der Waals surface area contributed by atoms with Crippen LogP contribution in [0.1, 0.15) is 27.7 Å². The highest BCUT2D eigenvalue weighted by molar-refractivity contribution is 7.10. The van der Waals surface area contributed by atoms with Crippen LogP contribution in [-0.4, -0.2) is 25.6 Å². The van der Waals surface area contributed by atoms with Crippen LogP contribution in [0, 0.1) is 0 Å². The molecule has 0 aliphatic heterocycles. The SMILES string of the molecule is COC(=O)CC(NC(=O)c1cccc(OC(F)F)c1)c1cccs1. The zero-order valence-electron chi connectivity index (χ0n) is 12.7. The van der Waals surface area contributed by atoms with Gasteiger partial charge in [0.05, 0.1) is 19.6 Å². The first-order valence-corrected chi connectivity index (χ1v) is 7.83. The van der Waals surface area contributed by atoms with Crippen LogP contribution in [0.4, 0.5) is 8.78 Å². The van der Waals surface area contributed by atoms with Gasteiger partial charge in [0.1, 0.15) is 5.75 Å². The Kier molecular flexibility index (Phi) is 6.25. The molecule has 0 saturated carbocycles. The maximum atomic E-state index is 12.4. The number of hydrogen-bond donors (Lipinski definition) is 1. The monoisotopic (exact) mass is 355 g/mol. The second-order valence-electron chi connectivity index (χ2n) is 4.73. The molecule has 0 aliphatic rings. The molecule has 24 heavy (non-hydrogen) atoms. The zero-order valence-corrected chi connectivity index (χ0v) is 13.5. The third-order valence-corrected chi connectivity index (χ3v) is 4.10. The molecule has 2 aromatic rings.